The monoisotopic (exact) mass is 591 g/mol. The zero-order valence-corrected chi connectivity index (χ0v) is 24.3. The minimum atomic E-state index is -0.969. The van der Waals surface area contributed by atoms with E-state index in [4.69, 9.17) is 19.2 Å². The zero-order chi connectivity index (χ0) is 30.3. The van der Waals surface area contributed by atoms with Crippen LogP contribution < -0.4 is 20.3 Å². The Bertz CT molecular complexity index is 1440. The molecule has 0 bridgehead atoms. The van der Waals surface area contributed by atoms with E-state index in [0.717, 1.165) is 11.1 Å². The van der Waals surface area contributed by atoms with Crippen LogP contribution in [0.3, 0.4) is 0 Å². The smallest absolute Gasteiger partial charge is 0.415 e. The van der Waals surface area contributed by atoms with Crippen molar-refractivity contribution in [2.75, 3.05) is 30.0 Å². The maximum atomic E-state index is 12.5. The number of fused-ring (bicyclic) bond motifs is 3. The summed E-state index contributed by atoms with van der Waals surface area (Å²) in [5, 5.41) is 15.6. The Morgan fingerprint density at radius 1 is 1.14 bits per heavy atom. The van der Waals surface area contributed by atoms with Crippen LogP contribution in [0.25, 0.3) is 11.4 Å². The van der Waals surface area contributed by atoms with Gasteiger partial charge in [-0.1, -0.05) is 44.2 Å². The maximum Gasteiger partial charge on any atom is 0.415 e. The largest absolute Gasteiger partial charge is 0.491 e. The number of hydrogen-bond donors (Lipinski definition) is 3. The molecule has 2 aromatic carbocycles. The first-order valence-corrected chi connectivity index (χ1v) is 14.5. The molecule has 0 saturated carbocycles. The Hall–Kier alpha value is -4.74. The van der Waals surface area contributed by atoms with Gasteiger partial charge in [-0.25, -0.2) is 19.4 Å². The average molecular weight is 592 g/mol. The van der Waals surface area contributed by atoms with E-state index in [9.17, 15) is 19.5 Å². The normalized spacial score (nSPS) is 16.4. The van der Waals surface area contributed by atoms with Crippen molar-refractivity contribution in [3.05, 3.63) is 60.3 Å². The number of aromatic nitrogens is 2. The third-order valence-corrected chi connectivity index (χ3v) is 7.54. The number of hydrogen-bond acceptors (Lipinski definition) is 8. The standard InChI is InChI=1S/C31H37N5O7/c1-20(2)25-19-43-31(40)36(25)27-17-35-14-15-41-26-16-22(11-12-23(26)28(35)34-27)33-24(29(37)38)10-6-7-13-32-30(39)42-18-21-8-4-3-5-9-21/h3-5,8-9,11-12,16-17,20,24-25,33H,6-7,10,13-15,18-19H2,1-2H3,(H,32,39)(H,37,38)/t24-,25-/m0/s1. The van der Waals surface area contributed by atoms with E-state index in [1.165, 1.54) is 0 Å². The molecule has 1 aromatic heterocycles. The predicted octanol–water partition coefficient (Wildman–Crippen LogP) is 4.89. The zero-order valence-electron chi connectivity index (χ0n) is 24.3. The lowest BCUT2D eigenvalue weighted by Crippen LogP contribution is -2.37. The molecular weight excluding hydrogens is 554 g/mol. The minimum Gasteiger partial charge on any atom is -0.491 e. The van der Waals surface area contributed by atoms with Crippen LogP contribution in [0.4, 0.5) is 21.1 Å². The van der Waals surface area contributed by atoms with Gasteiger partial charge in [-0.05, 0) is 42.9 Å². The first-order chi connectivity index (χ1) is 20.8. The Morgan fingerprint density at radius 3 is 2.72 bits per heavy atom. The highest BCUT2D eigenvalue weighted by Gasteiger charge is 2.38. The fourth-order valence-electron chi connectivity index (χ4n) is 5.16. The lowest BCUT2D eigenvalue weighted by molar-refractivity contribution is -0.138. The lowest BCUT2D eigenvalue weighted by Gasteiger charge is -2.22. The van der Waals surface area contributed by atoms with E-state index < -0.39 is 24.2 Å². The molecular formula is C31H37N5O7. The second-order valence-electron chi connectivity index (χ2n) is 11.0. The summed E-state index contributed by atoms with van der Waals surface area (Å²) >= 11 is 0. The molecule has 2 aliphatic heterocycles. The van der Waals surface area contributed by atoms with Crippen molar-refractivity contribution in [2.24, 2.45) is 5.92 Å². The van der Waals surface area contributed by atoms with Gasteiger partial charge in [0.05, 0.1) is 18.2 Å². The van der Waals surface area contributed by atoms with E-state index in [2.05, 4.69) is 10.6 Å². The number of unbranched alkanes of at least 4 members (excludes halogenated alkanes) is 1. The molecule has 2 aliphatic rings. The summed E-state index contributed by atoms with van der Waals surface area (Å²) in [7, 11) is 0. The molecule has 43 heavy (non-hydrogen) atoms. The predicted molar refractivity (Wildman–Crippen MR) is 159 cm³/mol. The van der Waals surface area contributed by atoms with Crippen LogP contribution in [0.1, 0.15) is 38.7 Å². The molecule has 3 aromatic rings. The number of carboxylic acid groups (broad SMARTS) is 1. The van der Waals surface area contributed by atoms with Gasteiger partial charge in [0.15, 0.2) is 5.82 Å². The number of carbonyl (C=O) groups excluding carboxylic acids is 2. The molecule has 5 rings (SSSR count). The molecule has 0 radical (unpaired) electrons. The molecule has 3 heterocycles. The number of aliphatic carboxylic acids is 1. The van der Waals surface area contributed by atoms with Gasteiger partial charge in [-0.3, -0.25) is 4.90 Å². The van der Waals surface area contributed by atoms with Crippen LogP contribution in [0.2, 0.25) is 0 Å². The van der Waals surface area contributed by atoms with Gasteiger partial charge in [0.25, 0.3) is 0 Å². The molecule has 2 amide bonds. The van der Waals surface area contributed by atoms with Crippen LogP contribution in [0.5, 0.6) is 5.75 Å². The molecule has 228 valence electrons. The average Bonchev–Trinajstić information content (AvgIpc) is 3.54. The summed E-state index contributed by atoms with van der Waals surface area (Å²) < 4.78 is 18.5. The maximum absolute atomic E-state index is 12.5. The Labute approximate surface area is 249 Å². The van der Waals surface area contributed by atoms with Gasteiger partial charge >= 0.3 is 18.2 Å². The minimum absolute atomic E-state index is 0.0915. The number of nitrogens with one attached hydrogen (secondary N) is 2. The van der Waals surface area contributed by atoms with Gasteiger partial charge < -0.3 is 34.5 Å². The number of rotatable bonds is 12. The number of benzene rings is 2. The number of nitrogens with zero attached hydrogens (tertiary/aromatic N) is 3. The number of amides is 2. The van der Waals surface area contributed by atoms with Crippen molar-refractivity contribution in [1.29, 1.82) is 0 Å². The van der Waals surface area contributed by atoms with Crippen LogP contribution >= 0.6 is 0 Å². The van der Waals surface area contributed by atoms with Crippen molar-refractivity contribution in [3.8, 4) is 17.1 Å². The molecule has 1 saturated heterocycles. The Kier molecular flexibility index (Phi) is 9.33. The molecule has 0 unspecified atom stereocenters. The number of cyclic esters (lactones) is 1. The highest BCUT2D eigenvalue weighted by atomic mass is 16.6. The van der Waals surface area contributed by atoms with E-state index in [1.54, 1.807) is 17.0 Å². The molecule has 0 spiro atoms. The first-order valence-electron chi connectivity index (χ1n) is 14.5. The van der Waals surface area contributed by atoms with Crippen molar-refractivity contribution < 1.29 is 33.7 Å². The second kappa shape index (κ2) is 13.5. The van der Waals surface area contributed by atoms with E-state index in [0.29, 0.717) is 68.6 Å². The third kappa shape index (κ3) is 7.19. The summed E-state index contributed by atoms with van der Waals surface area (Å²) in [6.45, 7) is 5.93. The molecule has 2 atom stereocenters. The van der Waals surface area contributed by atoms with Crippen molar-refractivity contribution in [3.63, 3.8) is 0 Å². The number of anilines is 2. The first kappa shape index (κ1) is 29.7. The topological polar surface area (TPSA) is 144 Å². The Morgan fingerprint density at radius 2 is 1.95 bits per heavy atom. The second-order valence-corrected chi connectivity index (χ2v) is 11.0. The van der Waals surface area contributed by atoms with Crippen molar-refractivity contribution >= 4 is 29.7 Å². The van der Waals surface area contributed by atoms with Crippen molar-refractivity contribution in [2.45, 2.75) is 58.3 Å². The number of carboxylic acids is 1. The summed E-state index contributed by atoms with van der Waals surface area (Å²) in [4.78, 5) is 42.8. The summed E-state index contributed by atoms with van der Waals surface area (Å²) in [5.41, 5.74) is 2.26. The number of imidazole rings is 1. The fraction of sp³-hybridized carbons (Fsp3) is 0.419. The number of alkyl carbamates (subject to hydrolysis) is 1. The molecule has 0 aliphatic carbocycles. The van der Waals surface area contributed by atoms with Gasteiger partial charge in [-0.2, -0.15) is 0 Å². The number of carbonyl (C=O) groups is 3. The number of ether oxygens (including phenoxy) is 3. The molecule has 3 N–H and O–H groups in total. The molecule has 1 fully saturated rings. The van der Waals surface area contributed by atoms with Crippen LogP contribution in [0, 0.1) is 5.92 Å². The summed E-state index contributed by atoms with van der Waals surface area (Å²) in [5.74, 6) is 1.02. The van der Waals surface area contributed by atoms with E-state index in [-0.39, 0.29) is 18.6 Å². The van der Waals surface area contributed by atoms with Crippen LogP contribution in [-0.2, 0) is 27.4 Å². The van der Waals surface area contributed by atoms with Gasteiger partial charge in [-0.15, -0.1) is 0 Å². The quantitative estimate of drug-likeness (QED) is 0.251. The van der Waals surface area contributed by atoms with Gasteiger partial charge in [0, 0.05) is 24.5 Å². The third-order valence-electron chi connectivity index (χ3n) is 7.54. The van der Waals surface area contributed by atoms with E-state index in [1.807, 2.05) is 61.0 Å². The fourth-order valence-corrected chi connectivity index (χ4v) is 5.16. The van der Waals surface area contributed by atoms with Crippen LogP contribution in [-0.4, -0.2) is 64.7 Å². The van der Waals surface area contributed by atoms with E-state index >= 15 is 0 Å². The Balaban J connectivity index is 1.16. The molecule has 12 heteroatoms. The highest BCUT2D eigenvalue weighted by Crippen LogP contribution is 2.37. The SMILES string of the molecule is CC(C)[C@@H]1COC(=O)N1c1cn2c(n1)-c1ccc(N[C@@H](CCCCNC(=O)OCc3ccccc3)C(=O)O)cc1OCC2. The summed E-state index contributed by atoms with van der Waals surface area (Å²) in [6.07, 6.45) is 2.49. The van der Waals surface area contributed by atoms with Crippen LogP contribution in [0.15, 0.2) is 54.7 Å². The van der Waals surface area contributed by atoms with Gasteiger partial charge in [0.1, 0.15) is 37.4 Å². The lowest BCUT2D eigenvalue weighted by atomic mass is 10.1. The molecule has 12 nitrogen and oxygen atoms in total. The van der Waals surface area contributed by atoms with Crippen molar-refractivity contribution in [1.82, 2.24) is 14.9 Å². The summed E-state index contributed by atoms with van der Waals surface area (Å²) in [6, 6.07) is 13.9. The highest BCUT2D eigenvalue weighted by molar-refractivity contribution is 5.89. The van der Waals surface area contributed by atoms with Gasteiger partial charge in [0.2, 0.25) is 0 Å².